The molecule has 6 nitrogen and oxygen atoms in total. The number of hydrogen-bond acceptors (Lipinski definition) is 6. The van der Waals surface area contributed by atoms with Gasteiger partial charge in [0.05, 0.1) is 32.8 Å². The Bertz CT molecular complexity index is 645. The first-order valence-corrected chi connectivity index (χ1v) is 9.07. The van der Waals surface area contributed by atoms with Gasteiger partial charge in [0.15, 0.2) is 0 Å². The number of aliphatic hydroxyl groups is 1. The van der Waals surface area contributed by atoms with Crippen LogP contribution in [0.25, 0.3) is 0 Å². The number of aliphatic hydroxyl groups excluding tert-OH is 1. The van der Waals surface area contributed by atoms with Gasteiger partial charge in [-0.2, -0.15) is 0 Å². The lowest BCUT2D eigenvalue weighted by molar-refractivity contribution is -0.161. The van der Waals surface area contributed by atoms with Gasteiger partial charge in [0.2, 0.25) is 0 Å². The van der Waals surface area contributed by atoms with Gasteiger partial charge in [-0.1, -0.05) is 6.07 Å². The molecule has 2 aliphatic rings. The van der Waals surface area contributed by atoms with Crippen LogP contribution in [-0.2, 0) is 30.8 Å². The molecule has 0 aromatic heterocycles. The van der Waals surface area contributed by atoms with E-state index in [9.17, 15) is 9.90 Å². The summed E-state index contributed by atoms with van der Waals surface area (Å²) in [6.07, 6.45) is 2.26. The summed E-state index contributed by atoms with van der Waals surface area (Å²) >= 11 is 0. The van der Waals surface area contributed by atoms with Crippen LogP contribution in [0.3, 0.4) is 0 Å². The van der Waals surface area contributed by atoms with Crippen molar-refractivity contribution in [2.24, 2.45) is 11.8 Å². The predicted molar refractivity (Wildman–Crippen MR) is 95.1 cm³/mol. The molecule has 3 rings (SSSR count). The highest BCUT2D eigenvalue weighted by molar-refractivity contribution is 5.74. The molecule has 1 saturated carbocycles. The zero-order chi connectivity index (χ0) is 18.7. The van der Waals surface area contributed by atoms with Crippen LogP contribution in [-0.4, -0.2) is 51.9 Å². The predicted octanol–water partition coefficient (Wildman–Crippen LogP) is 2.06. The van der Waals surface area contributed by atoms with Gasteiger partial charge in [-0.15, -0.1) is 0 Å². The van der Waals surface area contributed by atoms with Gasteiger partial charge in [-0.3, -0.25) is 4.79 Å². The molecule has 6 heteroatoms. The molecule has 1 fully saturated rings. The molecule has 0 heterocycles. The van der Waals surface area contributed by atoms with Gasteiger partial charge in [0, 0.05) is 12.5 Å². The van der Waals surface area contributed by atoms with Crippen LogP contribution >= 0.6 is 0 Å². The average Bonchev–Trinajstić information content (AvgIpc) is 2.67. The minimum atomic E-state index is -0.678. The van der Waals surface area contributed by atoms with E-state index in [0.717, 1.165) is 25.0 Å². The second-order valence-corrected chi connectivity index (χ2v) is 7.23. The van der Waals surface area contributed by atoms with E-state index < -0.39 is 12.0 Å². The van der Waals surface area contributed by atoms with E-state index in [0.29, 0.717) is 13.0 Å². The number of benzene rings is 1. The Morgan fingerprint density at radius 3 is 2.77 bits per heavy atom. The molecule has 1 aromatic rings. The molecular weight excluding hydrogens is 336 g/mol. The highest BCUT2D eigenvalue weighted by Gasteiger charge is 2.55. The standard InChI is InChI=1S/C20H28O6/c1-23-12-26-11-20-9-8-17(21)18(19(22)25-3)16(20)6-4-13-10-14(24-2)5-7-15(13)20/h5,7,10,16-18,21H,4,6,8-9,11-12H2,1-3H3/t16-,17-,18-,20-/m1/s1. The van der Waals surface area contributed by atoms with Crippen LogP contribution in [0.15, 0.2) is 18.2 Å². The molecule has 0 aliphatic heterocycles. The SMILES string of the molecule is COCOC[C@@]12CC[C@@H](O)[C@H](C(=O)OC)[C@H]1CCc1cc(OC)ccc12. The normalized spacial score (nSPS) is 30.2. The van der Waals surface area contributed by atoms with Crippen molar-refractivity contribution in [3.8, 4) is 5.75 Å². The number of hydrogen-bond donors (Lipinski definition) is 1. The smallest absolute Gasteiger partial charge is 0.311 e. The first kappa shape index (κ1) is 19.1. The number of esters is 1. The Kier molecular flexibility index (Phi) is 5.85. The lowest BCUT2D eigenvalue weighted by Gasteiger charge is -2.52. The Morgan fingerprint density at radius 1 is 1.27 bits per heavy atom. The number of carbonyl (C=O) groups excluding carboxylic acids is 1. The van der Waals surface area contributed by atoms with Gasteiger partial charge < -0.3 is 24.1 Å². The number of methoxy groups -OCH3 is 3. The summed E-state index contributed by atoms with van der Waals surface area (Å²) in [6, 6.07) is 6.11. The largest absolute Gasteiger partial charge is 0.497 e. The van der Waals surface area contributed by atoms with Crippen LogP contribution in [0.1, 0.15) is 30.4 Å². The van der Waals surface area contributed by atoms with E-state index >= 15 is 0 Å². The Morgan fingerprint density at radius 2 is 2.08 bits per heavy atom. The summed E-state index contributed by atoms with van der Waals surface area (Å²) in [7, 11) is 4.64. The van der Waals surface area contributed by atoms with Crippen LogP contribution in [0.4, 0.5) is 0 Å². The monoisotopic (exact) mass is 364 g/mol. The molecule has 1 N–H and O–H groups in total. The van der Waals surface area contributed by atoms with Crippen molar-refractivity contribution in [2.75, 3.05) is 34.7 Å². The second-order valence-electron chi connectivity index (χ2n) is 7.23. The Hall–Kier alpha value is -1.63. The molecule has 0 spiro atoms. The summed E-state index contributed by atoms with van der Waals surface area (Å²) in [4.78, 5) is 12.4. The maximum absolute atomic E-state index is 12.4. The van der Waals surface area contributed by atoms with E-state index in [1.165, 1.54) is 18.2 Å². The maximum atomic E-state index is 12.4. The fraction of sp³-hybridized carbons (Fsp3) is 0.650. The first-order chi connectivity index (χ1) is 12.6. The van der Waals surface area contributed by atoms with Gasteiger partial charge in [0.1, 0.15) is 12.5 Å². The molecular formula is C20H28O6. The number of carbonyl (C=O) groups is 1. The highest BCUT2D eigenvalue weighted by Crippen LogP contribution is 2.53. The van der Waals surface area contributed by atoms with Crippen molar-refractivity contribution in [1.29, 1.82) is 0 Å². The molecule has 4 atom stereocenters. The quantitative estimate of drug-likeness (QED) is 0.473. The van der Waals surface area contributed by atoms with Crippen molar-refractivity contribution >= 4 is 5.97 Å². The van der Waals surface area contributed by atoms with Crippen molar-refractivity contribution < 1.29 is 28.8 Å². The molecule has 1 aromatic carbocycles. The van der Waals surface area contributed by atoms with Crippen LogP contribution in [0, 0.1) is 11.8 Å². The minimum Gasteiger partial charge on any atom is -0.497 e. The Balaban J connectivity index is 2.04. The molecule has 144 valence electrons. The highest BCUT2D eigenvalue weighted by atomic mass is 16.7. The third-order valence-corrected chi connectivity index (χ3v) is 6.05. The summed E-state index contributed by atoms with van der Waals surface area (Å²) in [5, 5.41) is 10.5. The molecule has 0 unspecified atom stereocenters. The van der Waals surface area contributed by atoms with Crippen LogP contribution in [0.2, 0.25) is 0 Å². The fourth-order valence-electron chi connectivity index (χ4n) is 4.89. The number of rotatable bonds is 6. The fourth-order valence-corrected chi connectivity index (χ4v) is 4.89. The summed E-state index contributed by atoms with van der Waals surface area (Å²) in [5.74, 6) is -0.0719. The van der Waals surface area contributed by atoms with E-state index in [1.54, 1.807) is 14.2 Å². The van der Waals surface area contributed by atoms with E-state index in [2.05, 4.69) is 12.1 Å². The molecule has 26 heavy (non-hydrogen) atoms. The number of fused-ring (bicyclic) bond motifs is 3. The van der Waals surface area contributed by atoms with Crippen LogP contribution < -0.4 is 4.74 Å². The maximum Gasteiger partial charge on any atom is 0.311 e. The van der Waals surface area contributed by atoms with Gasteiger partial charge in [-0.25, -0.2) is 0 Å². The summed E-state index contributed by atoms with van der Waals surface area (Å²) in [5.41, 5.74) is 2.07. The van der Waals surface area contributed by atoms with E-state index in [1.807, 2.05) is 6.07 Å². The summed E-state index contributed by atoms with van der Waals surface area (Å²) in [6.45, 7) is 0.649. The van der Waals surface area contributed by atoms with E-state index in [4.69, 9.17) is 18.9 Å². The minimum absolute atomic E-state index is 0.0311. The topological polar surface area (TPSA) is 74.2 Å². The third-order valence-electron chi connectivity index (χ3n) is 6.05. The zero-order valence-electron chi connectivity index (χ0n) is 15.7. The molecule has 0 saturated heterocycles. The molecule has 0 radical (unpaired) electrons. The summed E-state index contributed by atoms with van der Waals surface area (Å²) < 4.78 is 21.3. The van der Waals surface area contributed by atoms with Crippen LogP contribution in [0.5, 0.6) is 5.75 Å². The third kappa shape index (κ3) is 3.21. The van der Waals surface area contributed by atoms with Crippen molar-refractivity contribution in [1.82, 2.24) is 0 Å². The molecule has 0 amide bonds. The lowest BCUT2D eigenvalue weighted by Crippen LogP contribution is -2.55. The number of ether oxygens (including phenoxy) is 4. The molecule has 0 bridgehead atoms. The van der Waals surface area contributed by atoms with Gasteiger partial charge >= 0.3 is 5.97 Å². The molecule has 2 aliphatic carbocycles. The average molecular weight is 364 g/mol. The second kappa shape index (κ2) is 7.94. The van der Waals surface area contributed by atoms with Crippen molar-refractivity contribution in [3.05, 3.63) is 29.3 Å². The first-order valence-electron chi connectivity index (χ1n) is 9.07. The lowest BCUT2D eigenvalue weighted by atomic mass is 9.53. The van der Waals surface area contributed by atoms with Crippen molar-refractivity contribution in [2.45, 2.75) is 37.2 Å². The van der Waals surface area contributed by atoms with Gasteiger partial charge in [-0.05, 0) is 54.9 Å². The number of aryl methyl sites for hydroxylation is 1. The van der Waals surface area contributed by atoms with Gasteiger partial charge in [0.25, 0.3) is 0 Å². The van der Waals surface area contributed by atoms with E-state index in [-0.39, 0.29) is 24.1 Å². The van der Waals surface area contributed by atoms with Crippen molar-refractivity contribution in [3.63, 3.8) is 0 Å². The zero-order valence-corrected chi connectivity index (χ0v) is 15.7. The Labute approximate surface area is 154 Å².